The third-order valence-electron chi connectivity index (χ3n) is 3.96. The Morgan fingerprint density at radius 2 is 2.04 bits per heavy atom. The highest BCUT2D eigenvalue weighted by atomic mass is 16.5. The molecule has 3 rings (SSSR count). The molecule has 0 spiro atoms. The van der Waals surface area contributed by atoms with E-state index in [1.54, 1.807) is 18.2 Å². The van der Waals surface area contributed by atoms with Gasteiger partial charge in [-0.15, -0.1) is 0 Å². The number of fused-ring (bicyclic) bond motifs is 1. The average molecular weight is 351 g/mol. The summed E-state index contributed by atoms with van der Waals surface area (Å²) in [7, 11) is 0. The molecule has 0 aliphatic heterocycles. The SMILES string of the molecule is CCCOc1cccc(NC(=O)Cn2cnc3c(C)cccc3c2=O)c1. The molecule has 1 heterocycles. The number of rotatable bonds is 6. The van der Waals surface area contributed by atoms with E-state index < -0.39 is 0 Å². The highest BCUT2D eigenvalue weighted by Crippen LogP contribution is 2.17. The van der Waals surface area contributed by atoms with Gasteiger partial charge in [0.2, 0.25) is 5.91 Å². The number of carbonyl (C=O) groups is 1. The minimum absolute atomic E-state index is 0.101. The van der Waals surface area contributed by atoms with Crippen LogP contribution in [-0.2, 0) is 11.3 Å². The summed E-state index contributed by atoms with van der Waals surface area (Å²) in [4.78, 5) is 29.2. The predicted octanol–water partition coefficient (Wildman–Crippen LogP) is 3.13. The zero-order chi connectivity index (χ0) is 18.5. The Kier molecular flexibility index (Phi) is 5.31. The Balaban J connectivity index is 1.75. The van der Waals surface area contributed by atoms with E-state index in [0.29, 0.717) is 28.9 Å². The lowest BCUT2D eigenvalue weighted by Crippen LogP contribution is -2.28. The van der Waals surface area contributed by atoms with Crippen LogP contribution in [0.3, 0.4) is 0 Å². The van der Waals surface area contributed by atoms with Crippen LogP contribution in [0.4, 0.5) is 5.69 Å². The minimum Gasteiger partial charge on any atom is -0.494 e. The molecule has 2 aromatic carbocycles. The summed E-state index contributed by atoms with van der Waals surface area (Å²) in [6.07, 6.45) is 2.33. The first kappa shape index (κ1) is 17.7. The molecule has 26 heavy (non-hydrogen) atoms. The molecular weight excluding hydrogens is 330 g/mol. The predicted molar refractivity (Wildman–Crippen MR) is 102 cm³/mol. The number of para-hydroxylation sites is 1. The molecule has 1 N–H and O–H groups in total. The van der Waals surface area contributed by atoms with Gasteiger partial charge in [-0.3, -0.25) is 14.2 Å². The first-order chi connectivity index (χ1) is 12.6. The number of carbonyl (C=O) groups excluding carboxylic acids is 1. The number of amides is 1. The highest BCUT2D eigenvalue weighted by Gasteiger charge is 2.10. The molecule has 0 fully saturated rings. The van der Waals surface area contributed by atoms with Gasteiger partial charge in [0.1, 0.15) is 12.3 Å². The number of nitrogens with one attached hydrogen (secondary N) is 1. The van der Waals surface area contributed by atoms with Crippen molar-refractivity contribution in [3.8, 4) is 5.75 Å². The zero-order valence-corrected chi connectivity index (χ0v) is 14.9. The van der Waals surface area contributed by atoms with Crippen LogP contribution in [0.2, 0.25) is 0 Å². The van der Waals surface area contributed by atoms with Crippen LogP contribution in [0.1, 0.15) is 18.9 Å². The molecule has 0 radical (unpaired) electrons. The number of benzene rings is 2. The minimum atomic E-state index is -0.298. The van der Waals surface area contributed by atoms with E-state index in [1.807, 2.05) is 38.1 Å². The van der Waals surface area contributed by atoms with Gasteiger partial charge < -0.3 is 10.1 Å². The summed E-state index contributed by atoms with van der Waals surface area (Å²) >= 11 is 0. The van der Waals surface area contributed by atoms with Crippen LogP contribution in [0.15, 0.2) is 53.6 Å². The van der Waals surface area contributed by atoms with Gasteiger partial charge in [0.15, 0.2) is 0 Å². The molecule has 0 saturated carbocycles. The van der Waals surface area contributed by atoms with Gasteiger partial charge in [-0.2, -0.15) is 0 Å². The molecule has 0 aliphatic carbocycles. The van der Waals surface area contributed by atoms with Crippen molar-refractivity contribution < 1.29 is 9.53 Å². The molecule has 3 aromatic rings. The number of hydrogen-bond acceptors (Lipinski definition) is 4. The molecule has 0 bridgehead atoms. The van der Waals surface area contributed by atoms with Crippen LogP contribution < -0.4 is 15.6 Å². The van der Waals surface area contributed by atoms with Gasteiger partial charge in [-0.1, -0.05) is 25.1 Å². The van der Waals surface area contributed by atoms with Gasteiger partial charge in [0.25, 0.3) is 5.56 Å². The maximum atomic E-state index is 12.6. The van der Waals surface area contributed by atoms with Crippen molar-refractivity contribution in [3.05, 3.63) is 64.7 Å². The Morgan fingerprint density at radius 1 is 1.23 bits per heavy atom. The third-order valence-corrected chi connectivity index (χ3v) is 3.96. The number of hydrogen-bond donors (Lipinski definition) is 1. The lowest BCUT2D eigenvalue weighted by atomic mass is 10.1. The van der Waals surface area contributed by atoms with Gasteiger partial charge in [-0.25, -0.2) is 4.98 Å². The van der Waals surface area contributed by atoms with Crippen molar-refractivity contribution in [1.29, 1.82) is 0 Å². The molecule has 1 amide bonds. The molecule has 0 saturated heterocycles. The van der Waals surface area contributed by atoms with E-state index in [0.717, 1.165) is 12.0 Å². The topological polar surface area (TPSA) is 73.2 Å². The van der Waals surface area contributed by atoms with Crippen LogP contribution in [0, 0.1) is 6.92 Å². The van der Waals surface area contributed by atoms with Crippen molar-refractivity contribution in [2.24, 2.45) is 0 Å². The number of anilines is 1. The number of ether oxygens (including phenoxy) is 1. The molecule has 0 atom stereocenters. The normalized spacial score (nSPS) is 10.7. The fourth-order valence-electron chi connectivity index (χ4n) is 2.69. The second-order valence-electron chi connectivity index (χ2n) is 6.07. The first-order valence-electron chi connectivity index (χ1n) is 8.56. The van der Waals surface area contributed by atoms with Crippen LogP contribution in [-0.4, -0.2) is 22.1 Å². The Morgan fingerprint density at radius 3 is 2.85 bits per heavy atom. The zero-order valence-electron chi connectivity index (χ0n) is 14.9. The fourth-order valence-corrected chi connectivity index (χ4v) is 2.69. The summed E-state index contributed by atoms with van der Waals surface area (Å²) in [5, 5.41) is 3.30. The van der Waals surface area contributed by atoms with E-state index in [4.69, 9.17) is 4.74 Å². The second-order valence-corrected chi connectivity index (χ2v) is 6.07. The monoisotopic (exact) mass is 351 g/mol. The number of aryl methyl sites for hydroxylation is 1. The van der Waals surface area contributed by atoms with Crippen LogP contribution in [0.5, 0.6) is 5.75 Å². The smallest absolute Gasteiger partial charge is 0.261 e. The van der Waals surface area contributed by atoms with Gasteiger partial charge in [-0.05, 0) is 37.1 Å². The molecule has 134 valence electrons. The lowest BCUT2D eigenvalue weighted by molar-refractivity contribution is -0.116. The first-order valence-corrected chi connectivity index (χ1v) is 8.56. The lowest BCUT2D eigenvalue weighted by Gasteiger charge is -2.10. The average Bonchev–Trinajstić information content (AvgIpc) is 2.63. The molecule has 0 unspecified atom stereocenters. The van der Waals surface area contributed by atoms with Gasteiger partial charge >= 0.3 is 0 Å². The Bertz CT molecular complexity index is 995. The molecule has 1 aromatic heterocycles. The van der Waals surface area contributed by atoms with Crippen molar-refractivity contribution in [1.82, 2.24) is 9.55 Å². The highest BCUT2D eigenvalue weighted by molar-refractivity contribution is 5.91. The van der Waals surface area contributed by atoms with E-state index in [9.17, 15) is 9.59 Å². The van der Waals surface area contributed by atoms with Gasteiger partial charge in [0, 0.05) is 11.8 Å². The maximum Gasteiger partial charge on any atom is 0.261 e. The summed E-state index contributed by atoms with van der Waals surface area (Å²) < 4.78 is 6.87. The van der Waals surface area contributed by atoms with Crippen LogP contribution >= 0.6 is 0 Å². The second kappa shape index (κ2) is 7.82. The van der Waals surface area contributed by atoms with Crippen molar-refractivity contribution in [2.75, 3.05) is 11.9 Å². The molecular formula is C20H21N3O3. The van der Waals surface area contributed by atoms with E-state index >= 15 is 0 Å². The summed E-state index contributed by atoms with van der Waals surface area (Å²) in [5.74, 6) is 0.401. The summed E-state index contributed by atoms with van der Waals surface area (Å²) in [5.41, 5.74) is 1.99. The third kappa shape index (κ3) is 3.91. The summed E-state index contributed by atoms with van der Waals surface area (Å²) in [6, 6.07) is 12.6. The summed E-state index contributed by atoms with van der Waals surface area (Å²) in [6.45, 7) is 4.45. The van der Waals surface area contributed by atoms with Crippen molar-refractivity contribution in [3.63, 3.8) is 0 Å². The molecule has 6 nitrogen and oxygen atoms in total. The molecule has 0 aliphatic rings. The van der Waals surface area contributed by atoms with Crippen molar-refractivity contribution >= 4 is 22.5 Å². The largest absolute Gasteiger partial charge is 0.494 e. The van der Waals surface area contributed by atoms with Gasteiger partial charge in [0.05, 0.1) is 23.8 Å². The van der Waals surface area contributed by atoms with Crippen molar-refractivity contribution in [2.45, 2.75) is 26.8 Å². The van der Waals surface area contributed by atoms with E-state index in [2.05, 4.69) is 10.3 Å². The number of nitrogens with zero attached hydrogens (tertiary/aromatic N) is 2. The quantitative estimate of drug-likeness (QED) is 0.740. The molecule has 6 heteroatoms. The fraction of sp³-hybridized carbons (Fsp3) is 0.250. The van der Waals surface area contributed by atoms with E-state index in [-0.39, 0.29) is 18.0 Å². The maximum absolute atomic E-state index is 12.6. The Hall–Kier alpha value is -3.15. The van der Waals surface area contributed by atoms with E-state index in [1.165, 1.54) is 10.9 Å². The number of aromatic nitrogens is 2. The standard InChI is InChI=1S/C20H21N3O3/c1-3-10-26-16-8-5-7-15(11-16)22-18(24)12-23-13-21-19-14(2)6-4-9-17(19)20(23)25/h4-9,11,13H,3,10,12H2,1-2H3,(H,22,24). The van der Waals surface area contributed by atoms with Crippen LogP contribution in [0.25, 0.3) is 10.9 Å². The Labute approximate surface area is 151 Å².